The molecule has 0 aliphatic carbocycles. The van der Waals surface area contributed by atoms with Crippen molar-refractivity contribution in [2.75, 3.05) is 25.0 Å². The highest BCUT2D eigenvalue weighted by Gasteiger charge is 2.44. The fourth-order valence-corrected chi connectivity index (χ4v) is 5.42. The maximum absolute atomic E-state index is 9.76. The van der Waals surface area contributed by atoms with Gasteiger partial charge in [0.2, 0.25) is 5.88 Å². The molecule has 3 aliphatic rings. The van der Waals surface area contributed by atoms with Crippen molar-refractivity contribution in [1.29, 1.82) is 5.26 Å². The van der Waals surface area contributed by atoms with Gasteiger partial charge in [-0.05, 0) is 30.2 Å². The predicted octanol–water partition coefficient (Wildman–Crippen LogP) is 3.54. The molecule has 194 valence electrons. The van der Waals surface area contributed by atoms with Crippen molar-refractivity contribution in [2.24, 2.45) is 6.98 Å². The fourth-order valence-electron chi connectivity index (χ4n) is 5.42. The molecule has 39 heavy (non-hydrogen) atoms. The number of methoxy groups -OCH3 is 1. The summed E-state index contributed by atoms with van der Waals surface area (Å²) >= 11 is 0. The first-order valence-corrected chi connectivity index (χ1v) is 12.3. The Bertz CT molecular complexity index is 1980. The van der Waals surface area contributed by atoms with Crippen molar-refractivity contribution in [1.82, 2.24) is 34.3 Å². The molecular formula is C29H27N9O. The zero-order valence-corrected chi connectivity index (χ0v) is 20.6. The van der Waals surface area contributed by atoms with E-state index in [1.807, 2.05) is 23.1 Å². The first kappa shape index (κ1) is 16.3. The Balaban J connectivity index is 1.11. The minimum Gasteiger partial charge on any atom is -0.481 e. The van der Waals surface area contributed by atoms with Crippen LogP contribution in [0.4, 0.5) is 5.82 Å². The summed E-state index contributed by atoms with van der Waals surface area (Å²) < 4.78 is 69.7. The quantitative estimate of drug-likeness (QED) is 0.332. The zero-order valence-electron chi connectivity index (χ0n) is 28.6. The standard InChI is InChI=1S/C29H27N9O/c1-35-15-23(13-33-35)21-7-26(29-22(9-30)12-34-38(29)16-21)20-4-5-27(31-11-20)36-17-24-8-25(18-36)37(24)14-19-3-6-28(39-2)32-10-19/h3-7,10-13,15-16,24-25H,8,14,17-18H2,1-2H3/i1D3,2D3,14D2. The monoisotopic (exact) mass is 525 g/mol. The van der Waals surface area contributed by atoms with Crippen LogP contribution < -0.4 is 9.64 Å². The lowest BCUT2D eigenvalue weighted by molar-refractivity contribution is -0.00876. The number of piperazine rings is 1. The molecule has 10 heteroatoms. The number of aromatic nitrogens is 6. The molecule has 3 aliphatic heterocycles. The summed E-state index contributed by atoms with van der Waals surface area (Å²) in [6, 6.07) is 10.6. The Morgan fingerprint density at radius 3 is 2.67 bits per heavy atom. The Labute approximate surface area is 236 Å². The number of pyridine rings is 3. The van der Waals surface area contributed by atoms with Gasteiger partial charge in [0, 0.05) is 98.6 Å². The highest BCUT2D eigenvalue weighted by molar-refractivity contribution is 5.87. The molecule has 5 aromatic rings. The molecule has 0 radical (unpaired) electrons. The Kier molecular flexibility index (Phi) is 3.84. The summed E-state index contributed by atoms with van der Waals surface area (Å²) in [5, 5.41) is 18.1. The van der Waals surface area contributed by atoms with Crippen LogP contribution in [-0.2, 0) is 13.5 Å². The smallest absolute Gasteiger partial charge is 0.212 e. The molecule has 8 rings (SSSR count). The Morgan fingerprint density at radius 2 is 1.95 bits per heavy atom. The molecular weight excluding hydrogens is 490 g/mol. The number of hydrogen-bond acceptors (Lipinski definition) is 8. The number of nitriles is 1. The third-order valence-corrected chi connectivity index (χ3v) is 7.32. The number of anilines is 1. The average Bonchev–Trinajstić information content (AvgIpc) is 3.68. The third-order valence-electron chi connectivity index (χ3n) is 7.32. The number of aryl methyl sites for hydroxylation is 1. The maximum Gasteiger partial charge on any atom is 0.212 e. The van der Waals surface area contributed by atoms with Crippen LogP contribution in [0.25, 0.3) is 27.8 Å². The molecule has 0 aromatic carbocycles. The van der Waals surface area contributed by atoms with Crippen LogP contribution >= 0.6 is 0 Å². The lowest BCUT2D eigenvalue weighted by atomic mass is 9.87. The van der Waals surface area contributed by atoms with E-state index in [0.717, 1.165) is 22.5 Å². The number of rotatable bonds is 6. The van der Waals surface area contributed by atoms with E-state index >= 15 is 0 Å². The highest BCUT2D eigenvalue weighted by atomic mass is 16.5. The van der Waals surface area contributed by atoms with Gasteiger partial charge in [0.1, 0.15) is 11.9 Å². The van der Waals surface area contributed by atoms with Crippen LogP contribution in [-0.4, -0.2) is 66.5 Å². The summed E-state index contributed by atoms with van der Waals surface area (Å²) in [7, 11) is -2.64. The van der Waals surface area contributed by atoms with Gasteiger partial charge < -0.3 is 9.64 Å². The lowest BCUT2D eigenvalue weighted by Crippen LogP contribution is -2.68. The molecule has 3 saturated heterocycles. The SMILES string of the molecule is [2H]C([2H])([2H])Oc1ccc(C([2H])([2H])N2C3CC2CN(c2ccc(-c4cc(-c5cnn(C([2H])([2H])[2H])c5)cn5ncc(C#N)c45)cn2)C3)cn1. The molecule has 0 N–H and O–H groups in total. The number of nitrogens with zero attached hydrogens (tertiary/aromatic N) is 9. The molecule has 2 atom stereocenters. The summed E-state index contributed by atoms with van der Waals surface area (Å²) in [4.78, 5) is 12.7. The molecule has 0 saturated carbocycles. The van der Waals surface area contributed by atoms with E-state index in [4.69, 9.17) is 20.7 Å². The summed E-state index contributed by atoms with van der Waals surface area (Å²) in [5.41, 5.74) is 3.97. The van der Waals surface area contributed by atoms with E-state index in [0.29, 0.717) is 46.4 Å². The number of fused-ring (bicyclic) bond motifs is 3. The van der Waals surface area contributed by atoms with Crippen LogP contribution in [0.15, 0.2) is 67.5 Å². The molecule has 3 fully saturated rings. The number of hydrogen-bond donors (Lipinski definition) is 0. The van der Waals surface area contributed by atoms with Gasteiger partial charge in [0.25, 0.3) is 0 Å². The Hall–Kier alpha value is -4.75. The fraction of sp³-hybridized carbons (Fsp3) is 0.276. The van der Waals surface area contributed by atoms with Gasteiger partial charge in [0.05, 0.1) is 34.6 Å². The second kappa shape index (κ2) is 9.22. The summed E-state index contributed by atoms with van der Waals surface area (Å²) in [6.45, 7) is -3.11. The average molecular weight is 526 g/mol. The van der Waals surface area contributed by atoms with Gasteiger partial charge in [-0.3, -0.25) is 9.58 Å². The van der Waals surface area contributed by atoms with Crippen LogP contribution in [0.1, 0.15) is 28.5 Å². The first-order valence-electron chi connectivity index (χ1n) is 16.3. The van der Waals surface area contributed by atoms with E-state index in [1.54, 1.807) is 16.9 Å². The first-order chi connectivity index (χ1) is 22.2. The van der Waals surface area contributed by atoms with Crippen molar-refractivity contribution in [3.8, 4) is 34.2 Å². The van der Waals surface area contributed by atoms with Crippen molar-refractivity contribution in [3.05, 3.63) is 78.6 Å². The van der Waals surface area contributed by atoms with E-state index in [1.165, 1.54) is 36.9 Å². The van der Waals surface area contributed by atoms with Gasteiger partial charge in [0.15, 0.2) is 0 Å². The molecule has 5 aromatic heterocycles. The van der Waals surface area contributed by atoms with Gasteiger partial charge in [-0.15, -0.1) is 0 Å². The van der Waals surface area contributed by atoms with Crippen molar-refractivity contribution in [3.63, 3.8) is 0 Å². The molecule has 8 heterocycles. The van der Waals surface area contributed by atoms with E-state index in [-0.39, 0.29) is 18.0 Å². The van der Waals surface area contributed by atoms with Crippen molar-refractivity contribution >= 4 is 11.3 Å². The van der Waals surface area contributed by atoms with E-state index in [9.17, 15) is 5.26 Å². The second-order valence-corrected chi connectivity index (χ2v) is 9.64. The topological polar surface area (TPSA) is 100 Å². The maximum atomic E-state index is 9.76. The van der Waals surface area contributed by atoms with Crippen LogP contribution in [0.3, 0.4) is 0 Å². The van der Waals surface area contributed by atoms with Crippen LogP contribution in [0, 0.1) is 11.3 Å². The largest absolute Gasteiger partial charge is 0.481 e. The minimum atomic E-state index is -2.64. The second-order valence-electron chi connectivity index (χ2n) is 9.64. The van der Waals surface area contributed by atoms with E-state index < -0.39 is 20.5 Å². The van der Waals surface area contributed by atoms with Crippen LogP contribution in [0.5, 0.6) is 5.88 Å². The molecule has 2 bridgehead atoms. The van der Waals surface area contributed by atoms with Gasteiger partial charge in [-0.2, -0.15) is 15.5 Å². The summed E-state index contributed by atoms with van der Waals surface area (Å²) in [5.74, 6) is 0.639. The molecule has 0 spiro atoms. The van der Waals surface area contributed by atoms with Crippen molar-refractivity contribution < 1.29 is 15.7 Å². The van der Waals surface area contributed by atoms with Crippen molar-refractivity contribution in [2.45, 2.75) is 25.0 Å². The zero-order chi connectivity index (χ0) is 33.3. The predicted molar refractivity (Wildman–Crippen MR) is 146 cm³/mol. The van der Waals surface area contributed by atoms with Gasteiger partial charge in [-0.25, -0.2) is 14.5 Å². The van der Waals surface area contributed by atoms with E-state index in [2.05, 4.69) is 26.2 Å². The number of piperidine rings is 1. The van der Waals surface area contributed by atoms with Crippen LogP contribution in [0.2, 0.25) is 0 Å². The molecule has 2 unspecified atom stereocenters. The van der Waals surface area contributed by atoms with Gasteiger partial charge in [-0.1, -0.05) is 6.07 Å². The lowest BCUT2D eigenvalue weighted by Gasteiger charge is -2.56. The minimum absolute atomic E-state index is 0.0689. The highest BCUT2D eigenvalue weighted by Crippen LogP contribution is 2.37. The summed E-state index contributed by atoms with van der Waals surface area (Å²) in [6.07, 6.45) is 10.0. The molecule has 10 nitrogen and oxygen atoms in total. The third kappa shape index (κ3) is 4.08. The Morgan fingerprint density at radius 1 is 1.03 bits per heavy atom. The van der Waals surface area contributed by atoms with Gasteiger partial charge >= 0.3 is 0 Å². The number of ether oxygens (including phenoxy) is 1. The normalized spacial score (nSPS) is 22.7. The molecule has 0 amide bonds.